The maximum atomic E-state index is 5.48. The summed E-state index contributed by atoms with van der Waals surface area (Å²) in [5.74, 6) is 0.683. The van der Waals surface area contributed by atoms with Gasteiger partial charge in [0.05, 0.1) is 6.17 Å². The predicted octanol–water partition coefficient (Wildman–Crippen LogP) is -0.900. The van der Waals surface area contributed by atoms with Crippen molar-refractivity contribution in [1.29, 1.82) is 0 Å². The average molecular weight is 129 g/mol. The van der Waals surface area contributed by atoms with Crippen molar-refractivity contribution in [3.63, 3.8) is 0 Å². The highest BCUT2D eigenvalue weighted by Gasteiger charge is 2.20. The molecule has 2 atom stereocenters. The van der Waals surface area contributed by atoms with Crippen LogP contribution in [-0.2, 0) is 0 Å². The Morgan fingerprint density at radius 1 is 1.78 bits per heavy atom. The minimum absolute atomic E-state index is 0.499. The Hall–Kier alpha value is -0.120. The number of hydrogen-bond donors (Lipinski definition) is 3. The molecule has 0 aromatic rings. The Labute approximate surface area is 56.0 Å². The van der Waals surface area contributed by atoms with E-state index in [9.17, 15) is 0 Å². The molecule has 0 aliphatic carbocycles. The Balaban J connectivity index is 2.20. The van der Waals surface area contributed by atoms with Gasteiger partial charge in [0, 0.05) is 6.54 Å². The molecule has 0 aromatic heterocycles. The molecule has 0 spiro atoms. The fraction of sp³-hybridized carbons (Fsp3) is 1.00. The van der Waals surface area contributed by atoms with Crippen molar-refractivity contribution >= 4 is 0 Å². The summed E-state index contributed by atoms with van der Waals surface area (Å²) in [5, 5.41) is 6.48. The van der Waals surface area contributed by atoms with Crippen LogP contribution < -0.4 is 16.4 Å². The third-order valence-electron chi connectivity index (χ3n) is 1.90. The van der Waals surface area contributed by atoms with Crippen molar-refractivity contribution in [3.8, 4) is 0 Å². The Bertz CT molecular complexity index is 74.4. The zero-order valence-corrected chi connectivity index (χ0v) is 5.85. The van der Waals surface area contributed by atoms with E-state index in [0.29, 0.717) is 12.1 Å². The van der Waals surface area contributed by atoms with Gasteiger partial charge in [-0.15, -0.1) is 0 Å². The normalized spacial score (nSPS) is 35.3. The summed E-state index contributed by atoms with van der Waals surface area (Å²) in [7, 11) is 1.97. The van der Waals surface area contributed by atoms with Crippen molar-refractivity contribution in [3.05, 3.63) is 0 Å². The van der Waals surface area contributed by atoms with Crippen LogP contribution in [0.3, 0.4) is 0 Å². The Morgan fingerprint density at radius 3 is 2.89 bits per heavy atom. The lowest BCUT2D eigenvalue weighted by Gasteiger charge is -2.06. The van der Waals surface area contributed by atoms with Gasteiger partial charge in [-0.25, -0.2) is 0 Å². The van der Waals surface area contributed by atoms with Gasteiger partial charge in [0.25, 0.3) is 0 Å². The highest BCUT2D eigenvalue weighted by atomic mass is 15.1. The molecule has 1 aliphatic rings. The van der Waals surface area contributed by atoms with Gasteiger partial charge in [-0.3, -0.25) is 0 Å². The van der Waals surface area contributed by atoms with Crippen LogP contribution in [0.5, 0.6) is 0 Å². The summed E-state index contributed by atoms with van der Waals surface area (Å²) >= 11 is 0. The molecule has 9 heavy (non-hydrogen) atoms. The van der Waals surface area contributed by atoms with E-state index in [4.69, 9.17) is 5.73 Å². The number of rotatable bonds is 2. The Morgan fingerprint density at radius 2 is 2.56 bits per heavy atom. The highest BCUT2D eigenvalue weighted by molar-refractivity contribution is 4.78. The molecule has 0 radical (unpaired) electrons. The highest BCUT2D eigenvalue weighted by Crippen LogP contribution is 2.08. The van der Waals surface area contributed by atoms with Crippen molar-refractivity contribution < 1.29 is 0 Å². The van der Waals surface area contributed by atoms with E-state index in [1.54, 1.807) is 0 Å². The van der Waals surface area contributed by atoms with Gasteiger partial charge >= 0.3 is 0 Å². The van der Waals surface area contributed by atoms with Crippen molar-refractivity contribution in [2.24, 2.45) is 11.7 Å². The van der Waals surface area contributed by atoms with Gasteiger partial charge < -0.3 is 16.4 Å². The SMILES string of the molecule is CNC1CC(CN)CN1. The number of nitrogens with two attached hydrogens (primary N) is 1. The molecule has 1 aliphatic heterocycles. The second kappa shape index (κ2) is 3.15. The zero-order chi connectivity index (χ0) is 6.69. The third-order valence-corrected chi connectivity index (χ3v) is 1.90. The number of hydrogen-bond acceptors (Lipinski definition) is 3. The van der Waals surface area contributed by atoms with Crippen LogP contribution in [0.4, 0.5) is 0 Å². The van der Waals surface area contributed by atoms with E-state index in [2.05, 4.69) is 10.6 Å². The summed E-state index contributed by atoms with van der Waals surface area (Å²) in [4.78, 5) is 0. The molecular weight excluding hydrogens is 114 g/mol. The zero-order valence-electron chi connectivity index (χ0n) is 5.85. The lowest BCUT2D eigenvalue weighted by molar-refractivity contribution is 0.508. The van der Waals surface area contributed by atoms with Crippen LogP contribution in [0, 0.1) is 5.92 Å². The van der Waals surface area contributed by atoms with Gasteiger partial charge in [0.2, 0.25) is 0 Å². The molecular formula is C6H15N3. The second-order valence-electron chi connectivity index (χ2n) is 2.59. The van der Waals surface area contributed by atoms with Crippen LogP contribution in [0.1, 0.15) is 6.42 Å². The van der Waals surface area contributed by atoms with Crippen molar-refractivity contribution in [2.45, 2.75) is 12.6 Å². The molecule has 0 aromatic carbocycles. The van der Waals surface area contributed by atoms with E-state index in [-0.39, 0.29) is 0 Å². The lowest BCUT2D eigenvalue weighted by Crippen LogP contribution is -2.34. The smallest absolute Gasteiger partial charge is 0.0572 e. The summed E-state index contributed by atoms with van der Waals surface area (Å²) in [6, 6.07) is 0. The molecule has 0 bridgehead atoms. The fourth-order valence-corrected chi connectivity index (χ4v) is 1.21. The molecule has 1 fully saturated rings. The minimum Gasteiger partial charge on any atom is -0.330 e. The minimum atomic E-state index is 0.499. The standard InChI is InChI=1S/C6H15N3/c1-8-6-2-5(3-7)4-9-6/h5-6,8-9H,2-4,7H2,1H3. The first-order chi connectivity index (χ1) is 4.36. The summed E-state index contributed by atoms with van der Waals surface area (Å²) in [5.41, 5.74) is 5.48. The quantitative estimate of drug-likeness (QED) is 0.453. The molecule has 2 unspecified atom stereocenters. The lowest BCUT2D eigenvalue weighted by atomic mass is 10.1. The number of nitrogens with one attached hydrogen (secondary N) is 2. The van der Waals surface area contributed by atoms with E-state index in [1.165, 1.54) is 6.42 Å². The second-order valence-corrected chi connectivity index (χ2v) is 2.59. The Kier molecular flexibility index (Phi) is 2.45. The van der Waals surface area contributed by atoms with E-state index in [1.807, 2.05) is 7.05 Å². The van der Waals surface area contributed by atoms with Crippen LogP contribution in [0.2, 0.25) is 0 Å². The van der Waals surface area contributed by atoms with Crippen molar-refractivity contribution in [2.75, 3.05) is 20.1 Å². The molecule has 1 heterocycles. The topological polar surface area (TPSA) is 50.1 Å². The van der Waals surface area contributed by atoms with Crippen LogP contribution in [0.25, 0.3) is 0 Å². The van der Waals surface area contributed by atoms with Crippen molar-refractivity contribution in [1.82, 2.24) is 10.6 Å². The first-order valence-corrected chi connectivity index (χ1v) is 3.47. The van der Waals surface area contributed by atoms with E-state index < -0.39 is 0 Å². The van der Waals surface area contributed by atoms with Crippen LogP contribution in [-0.4, -0.2) is 26.3 Å². The molecule has 4 N–H and O–H groups in total. The summed E-state index contributed by atoms with van der Waals surface area (Å²) in [6.07, 6.45) is 1.67. The predicted molar refractivity (Wildman–Crippen MR) is 38.0 cm³/mol. The first kappa shape index (κ1) is 6.99. The molecule has 3 nitrogen and oxygen atoms in total. The van der Waals surface area contributed by atoms with Gasteiger partial charge in [-0.2, -0.15) is 0 Å². The first-order valence-electron chi connectivity index (χ1n) is 3.47. The largest absolute Gasteiger partial charge is 0.330 e. The molecule has 1 rings (SSSR count). The third kappa shape index (κ3) is 1.64. The fourth-order valence-electron chi connectivity index (χ4n) is 1.21. The maximum absolute atomic E-state index is 5.48. The van der Waals surface area contributed by atoms with Gasteiger partial charge in [0.1, 0.15) is 0 Å². The van der Waals surface area contributed by atoms with Crippen LogP contribution >= 0.6 is 0 Å². The van der Waals surface area contributed by atoms with Gasteiger partial charge in [-0.1, -0.05) is 0 Å². The summed E-state index contributed by atoms with van der Waals surface area (Å²) in [6.45, 7) is 1.88. The van der Waals surface area contributed by atoms with E-state index >= 15 is 0 Å². The maximum Gasteiger partial charge on any atom is 0.0572 e. The molecule has 1 saturated heterocycles. The average Bonchev–Trinajstić information content (AvgIpc) is 2.34. The monoisotopic (exact) mass is 129 g/mol. The molecule has 0 amide bonds. The van der Waals surface area contributed by atoms with Gasteiger partial charge in [0.15, 0.2) is 0 Å². The van der Waals surface area contributed by atoms with Crippen LogP contribution in [0.15, 0.2) is 0 Å². The van der Waals surface area contributed by atoms with Gasteiger partial charge in [-0.05, 0) is 25.9 Å². The van der Waals surface area contributed by atoms with E-state index in [0.717, 1.165) is 13.1 Å². The molecule has 0 saturated carbocycles. The summed E-state index contributed by atoms with van der Waals surface area (Å²) < 4.78 is 0. The molecule has 3 heteroatoms. The molecule has 54 valence electrons.